The second kappa shape index (κ2) is 5.52. The van der Waals surface area contributed by atoms with Crippen molar-refractivity contribution in [3.63, 3.8) is 0 Å². The van der Waals surface area contributed by atoms with E-state index in [0.717, 1.165) is 25.7 Å². The van der Waals surface area contributed by atoms with Crippen LogP contribution in [0, 0.1) is 17.3 Å². The summed E-state index contributed by atoms with van der Waals surface area (Å²) in [5, 5.41) is 17.7. The van der Waals surface area contributed by atoms with E-state index in [1.807, 2.05) is 0 Å². The molecule has 0 aliphatic heterocycles. The van der Waals surface area contributed by atoms with Crippen LogP contribution in [-0.4, -0.2) is 22.2 Å². The molecule has 1 rings (SSSR count). The van der Waals surface area contributed by atoms with Crippen LogP contribution < -0.4 is 0 Å². The van der Waals surface area contributed by atoms with Crippen molar-refractivity contribution < 1.29 is 19.8 Å². The van der Waals surface area contributed by atoms with Gasteiger partial charge in [-0.05, 0) is 42.9 Å². The first kappa shape index (κ1) is 14.0. The van der Waals surface area contributed by atoms with Crippen molar-refractivity contribution in [2.24, 2.45) is 17.3 Å². The highest BCUT2D eigenvalue weighted by molar-refractivity contribution is 5.70. The fourth-order valence-electron chi connectivity index (χ4n) is 2.75. The molecule has 1 aliphatic carbocycles. The summed E-state index contributed by atoms with van der Waals surface area (Å²) in [6.07, 6.45) is 4.01. The summed E-state index contributed by atoms with van der Waals surface area (Å²) >= 11 is 0. The number of carboxylic acids is 2. The maximum absolute atomic E-state index is 10.8. The molecule has 2 N–H and O–H groups in total. The van der Waals surface area contributed by atoms with Gasteiger partial charge in [0.15, 0.2) is 0 Å². The minimum Gasteiger partial charge on any atom is -0.481 e. The molecular weight excluding hydrogens is 220 g/mol. The molecule has 0 bridgehead atoms. The highest BCUT2D eigenvalue weighted by atomic mass is 16.4. The average Bonchev–Trinajstić information content (AvgIpc) is 2.14. The number of hydrogen-bond acceptors (Lipinski definition) is 2. The Morgan fingerprint density at radius 1 is 1.12 bits per heavy atom. The minimum atomic E-state index is -0.888. The summed E-state index contributed by atoms with van der Waals surface area (Å²) in [7, 11) is 0. The van der Waals surface area contributed by atoms with Crippen molar-refractivity contribution in [2.45, 2.75) is 52.4 Å². The van der Waals surface area contributed by atoms with Gasteiger partial charge in [-0.3, -0.25) is 9.59 Å². The predicted octanol–water partition coefficient (Wildman–Crippen LogP) is 2.77. The third kappa shape index (κ3) is 4.75. The second-order valence-corrected chi connectivity index (χ2v) is 5.96. The smallest absolute Gasteiger partial charge is 0.303 e. The van der Waals surface area contributed by atoms with E-state index in [1.165, 1.54) is 0 Å². The summed E-state index contributed by atoms with van der Waals surface area (Å²) in [6, 6.07) is 0. The van der Waals surface area contributed by atoms with Crippen molar-refractivity contribution in [1.29, 1.82) is 0 Å². The van der Waals surface area contributed by atoms with E-state index in [2.05, 4.69) is 13.8 Å². The van der Waals surface area contributed by atoms with Gasteiger partial charge in [0, 0.05) is 12.8 Å². The Kier molecular flexibility index (Phi) is 4.54. The van der Waals surface area contributed by atoms with E-state index < -0.39 is 11.9 Å². The van der Waals surface area contributed by atoms with Crippen LogP contribution in [0.25, 0.3) is 0 Å². The third-order valence-electron chi connectivity index (χ3n) is 3.92. The first-order valence-corrected chi connectivity index (χ1v) is 6.24. The van der Waals surface area contributed by atoms with Crippen LogP contribution in [0.5, 0.6) is 0 Å². The molecule has 0 spiro atoms. The molecule has 0 aromatic carbocycles. The molecule has 1 aliphatic rings. The van der Waals surface area contributed by atoms with E-state index in [9.17, 15) is 9.59 Å². The number of carbonyl (C=O) groups is 2. The molecule has 1 fully saturated rings. The van der Waals surface area contributed by atoms with Crippen molar-refractivity contribution in [3.8, 4) is 0 Å². The van der Waals surface area contributed by atoms with Gasteiger partial charge in [-0.15, -0.1) is 0 Å². The van der Waals surface area contributed by atoms with E-state index in [4.69, 9.17) is 10.2 Å². The van der Waals surface area contributed by atoms with Crippen molar-refractivity contribution >= 4 is 11.9 Å². The maximum Gasteiger partial charge on any atom is 0.303 e. The molecule has 0 aromatic heterocycles. The van der Waals surface area contributed by atoms with Gasteiger partial charge in [-0.2, -0.15) is 0 Å². The van der Waals surface area contributed by atoms with E-state index in [1.54, 1.807) is 0 Å². The van der Waals surface area contributed by atoms with E-state index in [-0.39, 0.29) is 24.7 Å². The molecule has 0 atom stereocenters. The van der Waals surface area contributed by atoms with Crippen LogP contribution in [-0.2, 0) is 9.59 Å². The second-order valence-electron chi connectivity index (χ2n) is 5.96. The fourth-order valence-corrected chi connectivity index (χ4v) is 2.75. The Balaban J connectivity index is 2.58. The van der Waals surface area contributed by atoms with Gasteiger partial charge >= 0.3 is 11.9 Å². The van der Waals surface area contributed by atoms with Crippen LogP contribution in [0.4, 0.5) is 0 Å². The minimum absolute atomic E-state index is 0.0165. The van der Waals surface area contributed by atoms with Gasteiger partial charge in [-0.1, -0.05) is 13.8 Å². The molecule has 0 heterocycles. The Morgan fingerprint density at radius 3 is 1.88 bits per heavy atom. The topological polar surface area (TPSA) is 74.6 Å². The van der Waals surface area contributed by atoms with Gasteiger partial charge in [-0.25, -0.2) is 0 Å². The predicted molar refractivity (Wildman–Crippen MR) is 63.7 cm³/mol. The quantitative estimate of drug-likeness (QED) is 0.777. The number of carboxylic acid groups (broad SMARTS) is 2. The summed E-state index contributed by atoms with van der Waals surface area (Å²) in [4.78, 5) is 21.5. The molecule has 0 amide bonds. The zero-order chi connectivity index (χ0) is 13.1. The lowest BCUT2D eigenvalue weighted by Crippen LogP contribution is -2.28. The molecule has 0 radical (unpaired) electrons. The normalized spacial score (nSPS) is 20.4. The highest BCUT2D eigenvalue weighted by Crippen LogP contribution is 2.42. The summed E-state index contributed by atoms with van der Waals surface area (Å²) < 4.78 is 0. The van der Waals surface area contributed by atoms with Crippen molar-refractivity contribution in [3.05, 3.63) is 0 Å². The van der Waals surface area contributed by atoms with Crippen molar-refractivity contribution in [1.82, 2.24) is 0 Å². The molecule has 0 unspecified atom stereocenters. The highest BCUT2D eigenvalue weighted by Gasteiger charge is 2.33. The number of aliphatic carboxylic acids is 2. The number of rotatable bonds is 5. The Labute approximate surface area is 102 Å². The average molecular weight is 242 g/mol. The van der Waals surface area contributed by atoms with E-state index in [0.29, 0.717) is 5.41 Å². The lowest BCUT2D eigenvalue weighted by atomic mass is 9.68. The molecule has 0 aromatic rings. The van der Waals surface area contributed by atoms with Crippen LogP contribution in [0.3, 0.4) is 0 Å². The molecule has 17 heavy (non-hydrogen) atoms. The Bertz CT molecular complexity index is 270. The molecule has 98 valence electrons. The third-order valence-corrected chi connectivity index (χ3v) is 3.92. The van der Waals surface area contributed by atoms with Crippen LogP contribution >= 0.6 is 0 Å². The standard InChI is InChI=1S/C13H22O4/c1-13(2)5-3-9(4-6-13)10(7-11(14)15)8-12(16)17/h9-10H,3-8H2,1-2H3,(H,14,15)(H,16,17). The van der Waals surface area contributed by atoms with Crippen molar-refractivity contribution in [2.75, 3.05) is 0 Å². The first-order chi connectivity index (χ1) is 7.80. The Morgan fingerprint density at radius 2 is 1.53 bits per heavy atom. The van der Waals surface area contributed by atoms with Crippen LogP contribution in [0.2, 0.25) is 0 Å². The van der Waals surface area contributed by atoms with Gasteiger partial charge in [0.2, 0.25) is 0 Å². The Hall–Kier alpha value is -1.06. The molecular formula is C13H22O4. The van der Waals surface area contributed by atoms with Crippen LogP contribution in [0.15, 0.2) is 0 Å². The lowest BCUT2D eigenvalue weighted by Gasteiger charge is -2.37. The lowest BCUT2D eigenvalue weighted by molar-refractivity contribution is -0.141. The monoisotopic (exact) mass is 242 g/mol. The summed E-state index contributed by atoms with van der Waals surface area (Å²) in [5.41, 5.74) is 0.327. The molecule has 4 heteroatoms. The number of hydrogen-bond donors (Lipinski definition) is 2. The fraction of sp³-hybridized carbons (Fsp3) is 0.846. The van der Waals surface area contributed by atoms with Crippen LogP contribution in [0.1, 0.15) is 52.4 Å². The van der Waals surface area contributed by atoms with Gasteiger partial charge in [0.05, 0.1) is 0 Å². The largest absolute Gasteiger partial charge is 0.481 e. The molecule has 4 nitrogen and oxygen atoms in total. The van der Waals surface area contributed by atoms with Gasteiger partial charge in [0.25, 0.3) is 0 Å². The SMILES string of the molecule is CC1(C)CCC(C(CC(=O)O)CC(=O)O)CC1. The molecule has 1 saturated carbocycles. The van der Waals surface area contributed by atoms with E-state index >= 15 is 0 Å². The maximum atomic E-state index is 10.8. The first-order valence-electron chi connectivity index (χ1n) is 6.24. The summed E-state index contributed by atoms with van der Waals surface area (Å²) in [5.74, 6) is -1.72. The van der Waals surface area contributed by atoms with Gasteiger partial charge < -0.3 is 10.2 Å². The zero-order valence-electron chi connectivity index (χ0n) is 10.6. The molecule has 0 saturated heterocycles. The zero-order valence-corrected chi connectivity index (χ0v) is 10.6. The summed E-state index contributed by atoms with van der Waals surface area (Å²) in [6.45, 7) is 4.43. The van der Waals surface area contributed by atoms with Gasteiger partial charge in [0.1, 0.15) is 0 Å².